The Balaban J connectivity index is 1.43. The quantitative estimate of drug-likeness (QED) is 0.514. The summed E-state index contributed by atoms with van der Waals surface area (Å²) in [5, 5.41) is 6.64. The molecule has 6 nitrogen and oxygen atoms in total. The van der Waals surface area contributed by atoms with Crippen molar-refractivity contribution >= 4 is 5.96 Å². The van der Waals surface area contributed by atoms with Gasteiger partial charge < -0.3 is 20.1 Å². The van der Waals surface area contributed by atoms with Crippen molar-refractivity contribution in [2.45, 2.75) is 19.4 Å². The standard InChI is InChI=1S/C23H31FN4O2/c1-25-23(26-9-7-17-5-4-6-20(24)13-17)27-10-12-28-11-8-18-14-21(29-2)22(30-3)15-19(18)16-28/h4-6,13-15H,7-12,16H2,1-3H3,(H2,25,26,27). The number of hydrogen-bond acceptors (Lipinski definition) is 4. The van der Waals surface area contributed by atoms with E-state index in [0.29, 0.717) is 6.54 Å². The van der Waals surface area contributed by atoms with Gasteiger partial charge in [-0.15, -0.1) is 0 Å². The van der Waals surface area contributed by atoms with Crippen LogP contribution in [0.15, 0.2) is 41.4 Å². The maximum absolute atomic E-state index is 13.3. The number of hydrogen-bond donors (Lipinski definition) is 2. The first kappa shape index (κ1) is 21.9. The Morgan fingerprint density at radius 1 is 1.07 bits per heavy atom. The molecular weight excluding hydrogens is 383 g/mol. The van der Waals surface area contributed by atoms with E-state index in [2.05, 4.69) is 32.7 Å². The second-order valence-electron chi connectivity index (χ2n) is 7.31. The van der Waals surface area contributed by atoms with Gasteiger partial charge in [0.05, 0.1) is 14.2 Å². The monoisotopic (exact) mass is 414 g/mol. The summed E-state index contributed by atoms with van der Waals surface area (Å²) < 4.78 is 24.1. The van der Waals surface area contributed by atoms with Crippen molar-refractivity contribution in [3.8, 4) is 11.5 Å². The molecule has 1 aliphatic rings. The van der Waals surface area contributed by atoms with Gasteiger partial charge in [0.1, 0.15) is 5.82 Å². The lowest BCUT2D eigenvalue weighted by Gasteiger charge is -2.29. The fraction of sp³-hybridized carbons (Fsp3) is 0.435. The van der Waals surface area contributed by atoms with E-state index >= 15 is 0 Å². The highest BCUT2D eigenvalue weighted by molar-refractivity contribution is 5.79. The number of ether oxygens (including phenoxy) is 2. The third kappa shape index (κ3) is 5.86. The Morgan fingerprint density at radius 2 is 1.80 bits per heavy atom. The van der Waals surface area contributed by atoms with Crippen molar-refractivity contribution < 1.29 is 13.9 Å². The summed E-state index contributed by atoms with van der Waals surface area (Å²) in [5.41, 5.74) is 3.58. The van der Waals surface area contributed by atoms with Crippen LogP contribution in [0, 0.1) is 5.82 Å². The van der Waals surface area contributed by atoms with Gasteiger partial charge in [-0.1, -0.05) is 12.1 Å². The molecule has 162 valence electrons. The first-order chi connectivity index (χ1) is 14.6. The van der Waals surface area contributed by atoms with Gasteiger partial charge in [0, 0.05) is 39.8 Å². The third-order valence-corrected chi connectivity index (χ3v) is 5.34. The Morgan fingerprint density at radius 3 is 2.50 bits per heavy atom. The van der Waals surface area contributed by atoms with Gasteiger partial charge in [-0.3, -0.25) is 9.89 Å². The molecular formula is C23H31FN4O2. The van der Waals surface area contributed by atoms with E-state index in [1.807, 2.05) is 6.07 Å². The molecule has 0 amide bonds. The SMILES string of the molecule is CN=C(NCCc1cccc(F)c1)NCCN1CCc2cc(OC)c(OC)cc2C1. The van der Waals surface area contributed by atoms with E-state index < -0.39 is 0 Å². The topological polar surface area (TPSA) is 58.1 Å². The molecule has 2 N–H and O–H groups in total. The van der Waals surface area contributed by atoms with Crippen LogP contribution in [0.25, 0.3) is 0 Å². The predicted octanol–water partition coefficient (Wildman–Crippen LogP) is 2.61. The molecule has 7 heteroatoms. The van der Waals surface area contributed by atoms with Gasteiger partial charge in [-0.05, 0) is 53.8 Å². The maximum Gasteiger partial charge on any atom is 0.191 e. The number of rotatable bonds is 8. The number of benzene rings is 2. The van der Waals surface area contributed by atoms with E-state index in [0.717, 1.165) is 62.0 Å². The molecule has 3 rings (SSSR count). The van der Waals surface area contributed by atoms with Crippen molar-refractivity contribution in [2.24, 2.45) is 4.99 Å². The van der Waals surface area contributed by atoms with Crippen molar-refractivity contribution in [3.63, 3.8) is 0 Å². The highest BCUT2D eigenvalue weighted by Gasteiger charge is 2.19. The van der Waals surface area contributed by atoms with Crippen LogP contribution in [0.4, 0.5) is 4.39 Å². The lowest BCUT2D eigenvalue weighted by Crippen LogP contribution is -2.43. The van der Waals surface area contributed by atoms with E-state index in [1.54, 1.807) is 33.4 Å². The molecule has 0 unspecified atom stereocenters. The Bertz CT molecular complexity index is 872. The summed E-state index contributed by atoms with van der Waals surface area (Å²) in [6.07, 6.45) is 1.74. The fourth-order valence-electron chi connectivity index (χ4n) is 3.70. The summed E-state index contributed by atoms with van der Waals surface area (Å²) in [5.74, 6) is 2.13. The van der Waals surface area contributed by atoms with Crippen LogP contribution >= 0.6 is 0 Å². The molecule has 0 aromatic heterocycles. The molecule has 0 atom stereocenters. The van der Waals surface area contributed by atoms with E-state index in [1.165, 1.54) is 17.2 Å². The molecule has 0 bridgehead atoms. The molecule has 2 aromatic rings. The minimum Gasteiger partial charge on any atom is -0.493 e. The minimum atomic E-state index is -0.200. The van der Waals surface area contributed by atoms with Crippen LogP contribution in [0.3, 0.4) is 0 Å². The average Bonchev–Trinajstić information content (AvgIpc) is 2.77. The number of nitrogens with one attached hydrogen (secondary N) is 2. The van der Waals surface area contributed by atoms with E-state index in [9.17, 15) is 4.39 Å². The first-order valence-corrected chi connectivity index (χ1v) is 10.3. The fourth-order valence-corrected chi connectivity index (χ4v) is 3.70. The molecule has 30 heavy (non-hydrogen) atoms. The lowest BCUT2D eigenvalue weighted by atomic mass is 9.99. The average molecular weight is 415 g/mol. The molecule has 0 saturated heterocycles. The molecule has 0 spiro atoms. The van der Waals surface area contributed by atoms with Crippen LogP contribution in [-0.4, -0.2) is 58.3 Å². The number of guanidine groups is 1. The zero-order valence-electron chi connectivity index (χ0n) is 18.0. The zero-order valence-corrected chi connectivity index (χ0v) is 18.0. The largest absolute Gasteiger partial charge is 0.493 e. The molecule has 1 heterocycles. The zero-order chi connectivity index (χ0) is 21.3. The smallest absolute Gasteiger partial charge is 0.191 e. The number of halogens is 1. The van der Waals surface area contributed by atoms with E-state index in [4.69, 9.17) is 9.47 Å². The van der Waals surface area contributed by atoms with Gasteiger partial charge in [0.25, 0.3) is 0 Å². The molecule has 0 radical (unpaired) electrons. The van der Waals surface area contributed by atoms with Gasteiger partial charge >= 0.3 is 0 Å². The minimum absolute atomic E-state index is 0.200. The molecule has 1 aliphatic heterocycles. The van der Waals surface area contributed by atoms with Crippen molar-refractivity contribution in [3.05, 3.63) is 58.9 Å². The van der Waals surface area contributed by atoms with Crippen LogP contribution < -0.4 is 20.1 Å². The van der Waals surface area contributed by atoms with Gasteiger partial charge in [0.2, 0.25) is 0 Å². The van der Waals surface area contributed by atoms with E-state index in [-0.39, 0.29) is 5.82 Å². The van der Waals surface area contributed by atoms with Gasteiger partial charge in [-0.2, -0.15) is 0 Å². The number of aliphatic imine (C=N–C) groups is 1. The molecule has 0 saturated carbocycles. The van der Waals surface area contributed by atoms with Crippen LogP contribution in [-0.2, 0) is 19.4 Å². The predicted molar refractivity (Wildman–Crippen MR) is 118 cm³/mol. The molecule has 2 aromatic carbocycles. The maximum atomic E-state index is 13.3. The molecule has 0 aliphatic carbocycles. The van der Waals surface area contributed by atoms with Crippen molar-refractivity contribution in [1.82, 2.24) is 15.5 Å². The Hall–Kier alpha value is -2.80. The Kier molecular flexibility index (Phi) is 7.90. The van der Waals surface area contributed by atoms with Crippen LogP contribution in [0.1, 0.15) is 16.7 Å². The number of fused-ring (bicyclic) bond motifs is 1. The third-order valence-electron chi connectivity index (χ3n) is 5.34. The molecule has 0 fully saturated rings. The number of nitrogens with zero attached hydrogens (tertiary/aromatic N) is 2. The summed E-state index contributed by atoms with van der Waals surface area (Å²) in [7, 11) is 5.10. The highest BCUT2D eigenvalue weighted by atomic mass is 19.1. The normalized spacial score (nSPS) is 14.2. The Labute approximate surface area is 178 Å². The van der Waals surface area contributed by atoms with Gasteiger partial charge in [-0.25, -0.2) is 4.39 Å². The van der Waals surface area contributed by atoms with Crippen LogP contribution in [0.5, 0.6) is 11.5 Å². The summed E-state index contributed by atoms with van der Waals surface area (Å²) in [4.78, 5) is 6.69. The van der Waals surface area contributed by atoms with Crippen molar-refractivity contribution in [1.29, 1.82) is 0 Å². The van der Waals surface area contributed by atoms with Crippen molar-refractivity contribution in [2.75, 3.05) is 47.4 Å². The second-order valence-corrected chi connectivity index (χ2v) is 7.31. The van der Waals surface area contributed by atoms with Gasteiger partial charge in [0.15, 0.2) is 17.5 Å². The summed E-state index contributed by atoms with van der Waals surface area (Å²) in [6.45, 7) is 4.31. The van der Waals surface area contributed by atoms with Crippen LogP contribution in [0.2, 0.25) is 0 Å². The lowest BCUT2D eigenvalue weighted by molar-refractivity contribution is 0.256. The highest BCUT2D eigenvalue weighted by Crippen LogP contribution is 2.33. The first-order valence-electron chi connectivity index (χ1n) is 10.3. The number of methoxy groups -OCH3 is 2. The summed E-state index contributed by atoms with van der Waals surface area (Å²) in [6, 6.07) is 10.9. The summed E-state index contributed by atoms with van der Waals surface area (Å²) >= 11 is 0. The second kappa shape index (κ2) is 10.8.